The van der Waals surface area contributed by atoms with Crippen LogP contribution in [0.25, 0.3) is 0 Å². The zero-order chi connectivity index (χ0) is 26.9. The molecule has 0 aromatic rings. The van der Waals surface area contributed by atoms with Crippen LogP contribution in [0.1, 0.15) is 27.2 Å². The van der Waals surface area contributed by atoms with Crippen molar-refractivity contribution in [2.75, 3.05) is 19.8 Å². The summed E-state index contributed by atoms with van der Waals surface area (Å²) in [5.74, 6) is -38.9. The molecule has 0 unspecified atom stereocenters. The fourth-order valence-electron chi connectivity index (χ4n) is 2.34. The van der Waals surface area contributed by atoms with Crippen molar-refractivity contribution in [3.63, 3.8) is 0 Å². The van der Waals surface area contributed by atoms with Gasteiger partial charge in [0.25, 0.3) is 0 Å². The quantitative estimate of drug-likeness (QED) is 0.200. The predicted molar refractivity (Wildman–Crippen MR) is 81.0 cm³/mol. The van der Waals surface area contributed by atoms with Gasteiger partial charge in [-0.1, -0.05) is 0 Å². The van der Waals surface area contributed by atoms with E-state index in [9.17, 15) is 65.9 Å². The van der Waals surface area contributed by atoms with Crippen LogP contribution in [0.5, 0.6) is 0 Å². The Morgan fingerprint density at radius 2 is 0.788 bits per heavy atom. The summed E-state index contributed by atoms with van der Waals surface area (Å²) in [5.41, 5.74) is -6.66. The fourth-order valence-corrected chi connectivity index (χ4v) is 4.82. The smallest absolute Gasteiger partial charge is 0.370 e. The Morgan fingerprint density at radius 3 is 1.06 bits per heavy atom. The molecule has 0 N–H and O–H groups in total. The second-order valence-corrected chi connectivity index (χ2v) is 8.83. The van der Waals surface area contributed by atoms with Crippen molar-refractivity contribution >= 4 is 8.80 Å². The van der Waals surface area contributed by atoms with E-state index in [4.69, 9.17) is 0 Å². The maximum absolute atomic E-state index is 14.6. The Kier molecular flexibility index (Phi) is 9.32. The summed E-state index contributed by atoms with van der Waals surface area (Å²) >= 11 is 0. The minimum atomic E-state index is -8.15. The maximum atomic E-state index is 14.6. The van der Waals surface area contributed by atoms with Gasteiger partial charge in [0.1, 0.15) is 6.42 Å². The highest BCUT2D eigenvalue weighted by Crippen LogP contribution is 2.62. The minimum Gasteiger partial charge on any atom is -0.370 e. The summed E-state index contributed by atoms with van der Waals surface area (Å²) in [6, 6.07) is 0. The first-order valence-corrected chi connectivity index (χ1v) is 10.4. The lowest BCUT2D eigenvalue weighted by molar-refractivity contribution is -0.425. The number of alkyl halides is 15. The van der Waals surface area contributed by atoms with E-state index >= 15 is 0 Å². The summed E-state index contributed by atoms with van der Waals surface area (Å²) in [7, 11) is -6.50. The molecule has 0 fully saturated rings. The molecule has 0 aromatic heterocycles. The Labute approximate surface area is 177 Å². The molecule has 0 amide bonds. The number of halogens is 15. The summed E-state index contributed by atoms with van der Waals surface area (Å²) in [4.78, 5) is 0. The van der Waals surface area contributed by atoms with Crippen LogP contribution >= 0.6 is 0 Å². The Morgan fingerprint density at radius 1 is 0.485 bits per heavy atom. The van der Waals surface area contributed by atoms with E-state index < -0.39 is 76.4 Å². The SMILES string of the molecule is CCO[Si](OCC)(OCC)C(F)(F)C(F)(F)C(F)(F)C(F)(F)C(F)(F)C(F)(F)CC(F)(F)F. The van der Waals surface area contributed by atoms with Crippen LogP contribution in [-0.4, -0.2) is 70.0 Å². The van der Waals surface area contributed by atoms with Crippen molar-refractivity contribution in [2.24, 2.45) is 0 Å². The molecule has 0 saturated carbocycles. The van der Waals surface area contributed by atoms with E-state index in [1.54, 1.807) is 0 Å². The molecule has 0 aromatic carbocycles. The monoisotopic (exact) mass is 546 g/mol. The number of hydrogen-bond donors (Lipinski definition) is 0. The van der Waals surface area contributed by atoms with Gasteiger partial charge in [0.15, 0.2) is 0 Å². The first-order chi connectivity index (χ1) is 14.4. The lowest BCUT2D eigenvalue weighted by Crippen LogP contribution is -2.77. The molecule has 0 aliphatic carbocycles. The van der Waals surface area contributed by atoms with Gasteiger partial charge < -0.3 is 13.3 Å². The zero-order valence-electron chi connectivity index (χ0n) is 16.7. The first-order valence-electron chi connectivity index (χ1n) is 8.64. The van der Waals surface area contributed by atoms with Gasteiger partial charge in [0, 0.05) is 19.8 Å². The molecule has 0 spiro atoms. The molecule has 0 heterocycles. The van der Waals surface area contributed by atoms with Crippen molar-refractivity contribution in [3.8, 4) is 0 Å². The van der Waals surface area contributed by atoms with E-state index in [-0.39, 0.29) is 0 Å². The van der Waals surface area contributed by atoms with E-state index in [1.807, 2.05) is 0 Å². The highest BCUT2D eigenvalue weighted by atomic mass is 28.4. The van der Waals surface area contributed by atoms with Crippen LogP contribution in [0, 0.1) is 0 Å². The third-order valence-corrected chi connectivity index (χ3v) is 6.94. The lowest BCUT2D eigenvalue weighted by Gasteiger charge is -2.44. The first kappa shape index (κ1) is 32.0. The molecule has 0 bridgehead atoms. The van der Waals surface area contributed by atoms with Gasteiger partial charge in [0.2, 0.25) is 0 Å². The van der Waals surface area contributed by atoms with Gasteiger partial charge in [-0.15, -0.1) is 0 Å². The molecule has 0 aliphatic rings. The average molecular weight is 546 g/mol. The second kappa shape index (κ2) is 9.60. The van der Waals surface area contributed by atoms with Crippen LogP contribution in [-0.2, 0) is 13.3 Å². The largest absolute Gasteiger partial charge is 0.582 e. The van der Waals surface area contributed by atoms with Crippen molar-refractivity contribution < 1.29 is 79.1 Å². The van der Waals surface area contributed by atoms with Gasteiger partial charge >= 0.3 is 50.1 Å². The Balaban J connectivity index is 6.84. The maximum Gasteiger partial charge on any atom is 0.582 e. The van der Waals surface area contributed by atoms with Crippen LogP contribution in [0.3, 0.4) is 0 Å². The standard InChI is InChI=1S/C14H17F15O3Si/c1-4-30-33(31-5-2,32-6-3)14(28,29)13(26,27)12(24,25)11(22,23)10(20,21)8(15,16)7-9(17,18)19/h4-7H2,1-3H3. The number of rotatable bonds is 13. The summed E-state index contributed by atoms with van der Waals surface area (Å²) in [6.45, 7) is -0.690. The van der Waals surface area contributed by atoms with Crippen LogP contribution in [0.4, 0.5) is 65.9 Å². The van der Waals surface area contributed by atoms with Crippen molar-refractivity contribution in [1.29, 1.82) is 0 Å². The van der Waals surface area contributed by atoms with Gasteiger partial charge in [-0.2, -0.15) is 65.9 Å². The molecule has 0 saturated heterocycles. The topological polar surface area (TPSA) is 27.7 Å². The van der Waals surface area contributed by atoms with Crippen molar-refractivity contribution in [1.82, 2.24) is 0 Å². The van der Waals surface area contributed by atoms with Crippen molar-refractivity contribution in [2.45, 2.75) is 68.5 Å². The minimum absolute atomic E-state index is 0.812. The van der Waals surface area contributed by atoms with E-state index in [0.29, 0.717) is 0 Å². The zero-order valence-corrected chi connectivity index (χ0v) is 17.7. The molecule has 0 radical (unpaired) electrons. The molecule has 3 nitrogen and oxygen atoms in total. The number of hydrogen-bond acceptors (Lipinski definition) is 3. The van der Waals surface area contributed by atoms with E-state index in [1.165, 1.54) is 0 Å². The van der Waals surface area contributed by atoms with Crippen LogP contribution in [0.15, 0.2) is 0 Å². The Hall–Kier alpha value is -0.953. The molecular formula is C14H17F15O3Si. The summed E-state index contributed by atoms with van der Waals surface area (Å²) < 4.78 is 215. The van der Waals surface area contributed by atoms with Crippen LogP contribution in [0.2, 0.25) is 0 Å². The highest BCUT2D eigenvalue weighted by molar-refractivity contribution is 6.63. The predicted octanol–water partition coefficient (Wildman–Crippen LogP) is 6.34. The average Bonchev–Trinajstić information content (AvgIpc) is 2.59. The molecular weight excluding hydrogens is 529 g/mol. The van der Waals surface area contributed by atoms with Gasteiger partial charge in [-0.05, 0) is 20.8 Å². The van der Waals surface area contributed by atoms with Crippen molar-refractivity contribution in [3.05, 3.63) is 0 Å². The Bertz CT molecular complexity index is 633. The van der Waals surface area contributed by atoms with Gasteiger partial charge in [-0.3, -0.25) is 0 Å². The summed E-state index contributed by atoms with van der Waals surface area (Å²) in [6.07, 6.45) is -10.5. The van der Waals surface area contributed by atoms with E-state index in [2.05, 4.69) is 13.3 Å². The third-order valence-electron chi connectivity index (χ3n) is 3.85. The molecule has 200 valence electrons. The van der Waals surface area contributed by atoms with Gasteiger partial charge in [-0.25, -0.2) is 0 Å². The third kappa shape index (κ3) is 5.19. The second-order valence-electron chi connectivity index (χ2n) is 6.22. The summed E-state index contributed by atoms with van der Waals surface area (Å²) in [5, 5.41) is 0. The molecule has 33 heavy (non-hydrogen) atoms. The fraction of sp³-hybridized carbons (Fsp3) is 1.00. The molecule has 0 aliphatic heterocycles. The highest BCUT2D eigenvalue weighted by Gasteiger charge is 2.94. The molecule has 0 rings (SSSR count). The molecule has 0 atom stereocenters. The normalized spacial score (nSPS) is 15.8. The van der Waals surface area contributed by atoms with Crippen LogP contribution < -0.4 is 0 Å². The van der Waals surface area contributed by atoms with Gasteiger partial charge in [0.05, 0.1) is 0 Å². The lowest BCUT2D eigenvalue weighted by atomic mass is 9.93. The molecule has 19 heteroatoms. The van der Waals surface area contributed by atoms with E-state index in [0.717, 1.165) is 20.8 Å².